The van der Waals surface area contributed by atoms with E-state index in [1.807, 2.05) is 6.92 Å². The van der Waals surface area contributed by atoms with Gasteiger partial charge in [0.05, 0.1) is 25.6 Å². The van der Waals surface area contributed by atoms with Gasteiger partial charge < -0.3 is 14.8 Å². The number of amides is 1. The monoisotopic (exact) mass is 404 g/mol. The van der Waals surface area contributed by atoms with Crippen LogP contribution in [0.4, 0.5) is 5.69 Å². The molecular weight excluding hydrogens is 380 g/mol. The lowest BCUT2D eigenvalue weighted by Crippen LogP contribution is -2.34. The summed E-state index contributed by atoms with van der Waals surface area (Å²) in [6.07, 6.45) is 1.78. The Morgan fingerprint density at radius 2 is 1.86 bits per heavy atom. The number of methoxy groups -OCH3 is 1. The summed E-state index contributed by atoms with van der Waals surface area (Å²) in [6.45, 7) is 2.55. The highest BCUT2D eigenvalue weighted by atomic mass is 32.2. The number of anilines is 1. The molecule has 3 rings (SSSR count). The molecule has 1 unspecified atom stereocenters. The van der Waals surface area contributed by atoms with Gasteiger partial charge in [0.15, 0.2) is 0 Å². The van der Waals surface area contributed by atoms with Gasteiger partial charge in [-0.05, 0) is 61.4 Å². The molecule has 1 N–H and O–H groups in total. The lowest BCUT2D eigenvalue weighted by atomic mass is 10.1. The van der Waals surface area contributed by atoms with Crippen molar-refractivity contribution in [2.45, 2.75) is 19.4 Å². The maximum absolute atomic E-state index is 12.4. The van der Waals surface area contributed by atoms with Crippen molar-refractivity contribution in [3.05, 3.63) is 53.6 Å². The molecule has 0 saturated heterocycles. The molecule has 0 aliphatic carbocycles. The Balaban J connectivity index is 1.56. The smallest absolute Gasteiger partial charge is 0.251 e. The second-order valence-electron chi connectivity index (χ2n) is 6.74. The number of carbonyl (C=O) groups excluding carboxylic acids is 1. The first kappa shape index (κ1) is 20.0. The Kier molecular flexibility index (Phi) is 5.79. The van der Waals surface area contributed by atoms with Crippen molar-refractivity contribution in [2.24, 2.45) is 0 Å². The van der Waals surface area contributed by atoms with Crippen molar-refractivity contribution in [2.75, 3.05) is 30.8 Å². The van der Waals surface area contributed by atoms with Gasteiger partial charge in [-0.15, -0.1) is 0 Å². The normalized spacial score (nSPS) is 15.8. The van der Waals surface area contributed by atoms with Crippen LogP contribution in [0.2, 0.25) is 0 Å². The van der Waals surface area contributed by atoms with Crippen LogP contribution in [0.1, 0.15) is 22.8 Å². The van der Waals surface area contributed by atoms with E-state index in [2.05, 4.69) is 5.32 Å². The van der Waals surface area contributed by atoms with Crippen molar-refractivity contribution >= 4 is 21.6 Å². The molecule has 1 heterocycles. The molecule has 0 saturated carbocycles. The van der Waals surface area contributed by atoms with Crippen LogP contribution >= 0.6 is 0 Å². The first-order valence-electron chi connectivity index (χ1n) is 8.97. The van der Waals surface area contributed by atoms with Gasteiger partial charge in [0.1, 0.15) is 18.1 Å². The predicted molar refractivity (Wildman–Crippen MR) is 108 cm³/mol. The molecule has 1 aliphatic rings. The summed E-state index contributed by atoms with van der Waals surface area (Å²) < 4.78 is 36.0. The molecule has 2 aromatic rings. The molecule has 2 aromatic carbocycles. The summed E-state index contributed by atoms with van der Waals surface area (Å²) in [6, 6.07) is 12.2. The van der Waals surface area contributed by atoms with Gasteiger partial charge in [-0.3, -0.25) is 9.10 Å². The van der Waals surface area contributed by atoms with Crippen molar-refractivity contribution < 1.29 is 22.7 Å². The van der Waals surface area contributed by atoms with Crippen LogP contribution in [0.3, 0.4) is 0 Å². The Morgan fingerprint density at radius 3 is 2.50 bits per heavy atom. The Labute approximate surface area is 165 Å². The molecule has 7 nitrogen and oxygen atoms in total. The highest BCUT2D eigenvalue weighted by Crippen LogP contribution is 2.34. The van der Waals surface area contributed by atoms with Gasteiger partial charge in [-0.2, -0.15) is 0 Å². The maximum Gasteiger partial charge on any atom is 0.251 e. The Bertz CT molecular complexity index is 957. The average Bonchev–Trinajstić information content (AvgIpc) is 3.00. The van der Waals surface area contributed by atoms with Crippen molar-refractivity contribution in [1.29, 1.82) is 0 Å². The number of hydrogen-bond acceptors (Lipinski definition) is 5. The molecule has 150 valence electrons. The van der Waals surface area contributed by atoms with E-state index in [1.165, 1.54) is 10.6 Å². The maximum atomic E-state index is 12.4. The predicted octanol–water partition coefficient (Wildman–Crippen LogP) is 2.21. The number of nitrogens with zero attached hydrogens (tertiary/aromatic N) is 1. The third kappa shape index (κ3) is 4.39. The van der Waals surface area contributed by atoms with Crippen molar-refractivity contribution in [1.82, 2.24) is 5.32 Å². The fraction of sp³-hybridized carbons (Fsp3) is 0.350. The minimum Gasteiger partial charge on any atom is -0.497 e. The molecule has 1 amide bonds. The summed E-state index contributed by atoms with van der Waals surface area (Å²) in [5.74, 6) is 1.23. The molecule has 0 fully saturated rings. The minimum atomic E-state index is -3.34. The first-order valence-corrected chi connectivity index (χ1v) is 10.8. The topological polar surface area (TPSA) is 84.9 Å². The number of sulfonamides is 1. The minimum absolute atomic E-state index is 0.152. The highest BCUT2D eigenvalue weighted by molar-refractivity contribution is 7.92. The summed E-state index contributed by atoms with van der Waals surface area (Å²) in [7, 11) is -1.74. The molecule has 28 heavy (non-hydrogen) atoms. The van der Waals surface area contributed by atoms with Crippen LogP contribution in [-0.4, -0.2) is 46.9 Å². The molecule has 0 radical (unpaired) electrons. The number of ether oxygens (including phenoxy) is 2. The number of carbonyl (C=O) groups is 1. The van der Waals surface area contributed by atoms with Crippen LogP contribution in [0.5, 0.6) is 11.5 Å². The van der Waals surface area contributed by atoms with Gasteiger partial charge in [-0.1, -0.05) is 0 Å². The van der Waals surface area contributed by atoms with E-state index in [-0.39, 0.29) is 11.9 Å². The third-order valence-corrected chi connectivity index (χ3v) is 5.84. The summed E-state index contributed by atoms with van der Waals surface area (Å²) in [5, 5.41) is 2.82. The largest absolute Gasteiger partial charge is 0.497 e. The molecular formula is C20H24N2O5S. The zero-order valence-electron chi connectivity index (χ0n) is 16.1. The van der Waals surface area contributed by atoms with Crippen LogP contribution < -0.4 is 19.1 Å². The molecule has 8 heteroatoms. The van der Waals surface area contributed by atoms with E-state index < -0.39 is 10.0 Å². The molecule has 0 bridgehead atoms. The summed E-state index contributed by atoms with van der Waals surface area (Å²) >= 11 is 0. The zero-order chi connectivity index (χ0) is 20.3. The van der Waals surface area contributed by atoms with Gasteiger partial charge in [0.25, 0.3) is 5.91 Å². The van der Waals surface area contributed by atoms with E-state index in [4.69, 9.17) is 9.47 Å². The molecule has 1 atom stereocenters. The molecule has 0 aromatic heterocycles. The highest BCUT2D eigenvalue weighted by Gasteiger charge is 2.32. The number of nitrogens with one attached hydrogen (secondary N) is 1. The fourth-order valence-electron chi connectivity index (χ4n) is 3.36. The van der Waals surface area contributed by atoms with Crippen LogP contribution in [0.25, 0.3) is 0 Å². The zero-order valence-corrected chi connectivity index (χ0v) is 17.0. The number of fused-ring (bicyclic) bond motifs is 1. The molecule has 0 spiro atoms. The second-order valence-corrected chi connectivity index (χ2v) is 8.59. The number of benzene rings is 2. The van der Waals surface area contributed by atoms with Gasteiger partial charge in [0.2, 0.25) is 10.0 Å². The first-order chi connectivity index (χ1) is 13.3. The van der Waals surface area contributed by atoms with Gasteiger partial charge in [-0.25, -0.2) is 8.42 Å². The van der Waals surface area contributed by atoms with E-state index in [0.29, 0.717) is 36.6 Å². The quantitative estimate of drug-likeness (QED) is 0.716. The lowest BCUT2D eigenvalue weighted by molar-refractivity contribution is 0.0947. The summed E-state index contributed by atoms with van der Waals surface area (Å²) in [5.41, 5.74) is 2.01. The Hall–Kier alpha value is -2.74. The van der Waals surface area contributed by atoms with Gasteiger partial charge in [0, 0.05) is 11.6 Å². The van der Waals surface area contributed by atoms with Gasteiger partial charge >= 0.3 is 0 Å². The second kappa shape index (κ2) is 8.10. The van der Waals surface area contributed by atoms with E-state index >= 15 is 0 Å². The van der Waals surface area contributed by atoms with Crippen molar-refractivity contribution in [3.8, 4) is 11.5 Å². The lowest BCUT2D eigenvalue weighted by Gasteiger charge is -2.21. The van der Waals surface area contributed by atoms with E-state index in [0.717, 1.165) is 11.3 Å². The third-order valence-electron chi connectivity index (χ3n) is 4.57. The molecule has 1 aliphatic heterocycles. The van der Waals surface area contributed by atoms with Crippen LogP contribution in [0.15, 0.2) is 42.5 Å². The SMILES string of the molecule is COc1ccc(OCCNC(=O)c2ccc3c(c2)CC(C)N3S(C)(=O)=O)cc1. The average molecular weight is 404 g/mol. The van der Waals surface area contributed by atoms with Crippen LogP contribution in [0, 0.1) is 0 Å². The Morgan fingerprint density at radius 1 is 1.18 bits per heavy atom. The van der Waals surface area contributed by atoms with E-state index in [9.17, 15) is 13.2 Å². The standard InChI is InChI=1S/C20H24N2O5S/c1-14-12-16-13-15(4-9-19(16)22(14)28(3,24)25)20(23)21-10-11-27-18-7-5-17(26-2)6-8-18/h4-9,13-14H,10-12H2,1-3H3,(H,21,23). The van der Waals surface area contributed by atoms with Crippen molar-refractivity contribution in [3.63, 3.8) is 0 Å². The number of hydrogen-bond donors (Lipinski definition) is 1. The summed E-state index contributed by atoms with van der Waals surface area (Å²) in [4.78, 5) is 12.4. The fourth-order valence-corrected chi connectivity index (χ4v) is 4.62. The van der Waals surface area contributed by atoms with Crippen LogP contribution in [-0.2, 0) is 16.4 Å². The number of rotatable bonds is 7. The van der Waals surface area contributed by atoms with E-state index in [1.54, 1.807) is 49.6 Å².